The van der Waals surface area contributed by atoms with Gasteiger partial charge in [0.1, 0.15) is 11.5 Å². The van der Waals surface area contributed by atoms with Gasteiger partial charge in [-0.05, 0) is 71.5 Å². The number of hydrogen-bond donors (Lipinski definition) is 2. The van der Waals surface area contributed by atoms with Gasteiger partial charge < -0.3 is 15.2 Å². The topological polar surface area (TPSA) is 58.6 Å². The van der Waals surface area contributed by atoms with Gasteiger partial charge >= 0.3 is 0 Å². The van der Waals surface area contributed by atoms with Crippen LogP contribution in [0.4, 0.5) is 5.69 Å². The highest BCUT2D eigenvalue weighted by atomic mass is 127. The number of anilines is 1. The van der Waals surface area contributed by atoms with Crippen LogP contribution in [0.15, 0.2) is 42.5 Å². The van der Waals surface area contributed by atoms with Crippen LogP contribution in [0.1, 0.15) is 23.7 Å². The Hall–Kier alpha value is -1.76. The number of carbonyl (C=O) groups is 1. The Bertz CT molecular complexity index is 626. The predicted molar refractivity (Wildman–Crippen MR) is 91.0 cm³/mol. The summed E-state index contributed by atoms with van der Waals surface area (Å²) in [4.78, 5) is 12.1. The second-order valence-electron chi connectivity index (χ2n) is 4.49. The average Bonchev–Trinajstić information content (AvgIpc) is 2.49. The fourth-order valence-electron chi connectivity index (χ4n) is 1.74. The molecule has 0 aliphatic heterocycles. The summed E-state index contributed by atoms with van der Waals surface area (Å²) < 4.78 is 6.37. The summed E-state index contributed by atoms with van der Waals surface area (Å²) in [6.07, 6.45) is 0.949. The van der Waals surface area contributed by atoms with Crippen molar-refractivity contribution in [2.75, 3.05) is 11.9 Å². The Kier molecular flexibility index (Phi) is 5.44. The second-order valence-corrected chi connectivity index (χ2v) is 5.73. The minimum Gasteiger partial charge on any atom is -0.507 e. The number of carbonyl (C=O) groups excluding carboxylic acids is 1. The van der Waals surface area contributed by atoms with Gasteiger partial charge in [-0.1, -0.05) is 6.92 Å². The number of rotatable bonds is 5. The molecule has 2 aromatic rings. The van der Waals surface area contributed by atoms with Gasteiger partial charge in [0.15, 0.2) is 0 Å². The van der Waals surface area contributed by atoms with E-state index in [2.05, 4.69) is 27.9 Å². The number of amides is 1. The van der Waals surface area contributed by atoms with Crippen LogP contribution in [-0.4, -0.2) is 17.6 Å². The highest BCUT2D eigenvalue weighted by Gasteiger charge is 2.11. The molecule has 2 aromatic carbocycles. The van der Waals surface area contributed by atoms with Crippen molar-refractivity contribution < 1.29 is 14.6 Å². The molecule has 0 bridgehead atoms. The second kappa shape index (κ2) is 7.31. The molecule has 0 spiro atoms. The number of nitrogens with one attached hydrogen (secondary N) is 1. The first-order valence-corrected chi connectivity index (χ1v) is 7.70. The Morgan fingerprint density at radius 3 is 2.62 bits per heavy atom. The monoisotopic (exact) mass is 397 g/mol. The summed E-state index contributed by atoms with van der Waals surface area (Å²) in [6.45, 7) is 2.71. The van der Waals surface area contributed by atoms with E-state index in [-0.39, 0.29) is 17.2 Å². The maximum atomic E-state index is 12.1. The molecular weight excluding hydrogens is 381 g/mol. The van der Waals surface area contributed by atoms with Crippen molar-refractivity contribution in [3.8, 4) is 11.5 Å². The largest absolute Gasteiger partial charge is 0.507 e. The van der Waals surface area contributed by atoms with E-state index in [0.717, 1.165) is 15.7 Å². The van der Waals surface area contributed by atoms with Gasteiger partial charge in [-0.15, -0.1) is 0 Å². The third kappa shape index (κ3) is 4.35. The fourth-order valence-corrected chi connectivity index (χ4v) is 2.23. The van der Waals surface area contributed by atoms with Gasteiger partial charge in [-0.3, -0.25) is 4.79 Å². The highest BCUT2D eigenvalue weighted by molar-refractivity contribution is 14.1. The maximum absolute atomic E-state index is 12.1. The average molecular weight is 397 g/mol. The molecule has 0 saturated carbocycles. The van der Waals surface area contributed by atoms with E-state index in [1.165, 1.54) is 6.07 Å². The molecule has 0 aliphatic rings. The van der Waals surface area contributed by atoms with E-state index in [1.54, 1.807) is 36.4 Å². The number of phenols is 1. The summed E-state index contributed by atoms with van der Waals surface area (Å²) in [7, 11) is 0. The molecule has 2 N–H and O–H groups in total. The molecule has 1 amide bonds. The van der Waals surface area contributed by atoms with E-state index >= 15 is 0 Å². The molecule has 0 atom stereocenters. The number of benzene rings is 2. The zero-order valence-electron chi connectivity index (χ0n) is 11.6. The van der Waals surface area contributed by atoms with E-state index in [4.69, 9.17) is 4.74 Å². The summed E-state index contributed by atoms with van der Waals surface area (Å²) in [5.74, 6) is 0.399. The van der Waals surface area contributed by atoms with Crippen LogP contribution in [0.2, 0.25) is 0 Å². The van der Waals surface area contributed by atoms with Crippen molar-refractivity contribution in [3.63, 3.8) is 0 Å². The van der Waals surface area contributed by atoms with Crippen LogP contribution in [0.5, 0.6) is 11.5 Å². The standard InChI is InChI=1S/C16H16INO3/c1-2-9-21-13-6-4-12(5-7-13)18-16(20)14-10-11(17)3-8-15(14)19/h3-8,10,19H,2,9H2,1H3,(H,18,20). The Morgan fingerprint density at radius 1 is 1.24 bits per heavy atom. The van der Waals surface area contributed by atoms with Crippen LogP contribution in [0.3, 0.4) is 0 Å². The van der Waals surface area contributed by atoms with Gasteiger partial charge in [-0.2, -0.15) is 0 Å². The molecule has 0 aromatic heterocycles. The molecule has 110 valence electrons. The van der Waals surface area contributed by atoms with E-state index in [0.29, 0.717) is 12.3 Å². The first kappa shape index (κ1) is 15.6. The number of hydrogen-bond acceptors (Lipinski definition) is 3. The van der Waals surface area contributed by atoms with Gasteiger partial charge in [-0.25, -0.2) is 0 Å². The Morgan fingerprint density at radius 2 is 1.95 bits per heavy atom. The summed E-state index contributed by atoms with van der Waals surface area (Å²) in [5.41, 5.74) is 0.912. The third-order valence-electron chi connectivity index (χ3n) is 2.79. The Balaban J connectivity index is 2.07. The van der Waals surface area contributed by atoms with Crippen LogP contribution in [-0.2, 0) is 0 Å². The zero-order chi connectivity index (χ0) is 15.2. The molecule has 2 rings (SSSR count). The van der Waals surface area contributed by atoms with Crippen LogP contribution in [0, 0.1) is 3.57 Å². The minimum atomic E-state index is -0.340. The van der Waals surface area contributed by atoms with Crippen LogP contribution in [0.25, 0.3) is 0 Å². The number of halogens is 1. The highest BCUT2D eigenvalue weighted by Crippen LogP contribution is 2.22. The van der Waals surface area contributed by atoms with E-state index in [9.17, 15) is 9.90 Å². The summed E-state index contributed by atoms with van der Waals surface area (Å²) in [5, 5.41) is 12.5. The predicted octanol–water partition coefficient (Wildman–Crippen LogP) is 4.04. The van der Waals surface area contributed by atoms with Crippen molar-refractivity contribution in [3.05, 3.63) is 51.6 Å². The lowest BCUT2D eigenvalue weighted by Crippen LogP contribution is -2.12. The molecule has 5 heteroatoms. The molecule has 0 unspecified atom stereocenters. The van der Waals surface area contributed by atoms with Crippen molar-refractivity contribution in [2.45, 2.75) is 13.3 Å². The molecule has 4 nitrogen and oxygen atoms in total. The number of aromatic hydroxyl groups is 1. The normalized spacial score (nSPS) is 10.2. The number of ether oxygens (including phenoxy) is 1. The lowest BCUT2D eigenvalue weighted by molar-refractivity contribution is 0.102. The van der Waals surface area contributed by atoms with Gasteiger partial charge in [0.2, 0.25) is 0 Å². The molecular formula is C16H16INO3. The van der Waals surface area contributed by atoms with Gasteiger partial charge in [0.05, 0.1) is 12.2 Å². The van der Waals surface area contributed by atoms with E-state index < -0.39 is 0 Å². The summed E-state index contributed by atoms with van der Waals surface area (Å²) in [6, 6.07) is 12.1. The first-order valence-electron chi connectivity index (χ1n) is 6.63. The summed E-state index contributed by atoms with van der Waals surface area (Å²) >= 11 is 2.10. The molecule has 0 heterocycles. The molecule has 0 radical (unpaired) electrons. The molecule has 21 heavy (non-hydrogen) atoms. The van der Waals surface area contributed by atoms with Gasteiger partial charge in [0, 0.05) is 9.26 Å². The fraction of sp³-hybridized carbons (Fsp3) is 0.188. The molecule has 0 saturated heterocycles. The lowest BCUT2D eigenvalue weighted by atomic mass is 10.2. The lowest BCUT2D eigenvalue weighted by Gasteiger charge is -2.09. The molecule has 0 fully saturated rings. The first-order chi connectivity index (χ1) is 10.1. The van der Waals surface area contributed by atoms with Crippen molar-refractivity contribution in [2.24, 2.45) is 0 Å². The maximum Gasteiger partial charge on any atom is 0.259 e. The van der Waals surface area contributed by atoms with Crippen molar-refractivity contribution in [1.29, 1.82) is 0 Å². The van der Waals surface area contributed by atoms with Crippen molar-refractivity contribution in [1.82, 2.24) is 0 Å². The third-order valence-corrected chi connectivity index (χ3v) is 3.46. The minimum absolute atomic E-state index is 0.0317. The Labute approximate surface area is 137 Å². The SMILES string of the molecule is CCCOc1ccc(NC(=O)c2cc(I)ccc2O)cc1. The molecule has 0 aliphatic carbocycles. The van der Waals surface area contributed by atoms with Crippen LogP contribution >= 0.6 is 22.6 Å². The quantitative estimate of drug-likeness (QED) is 0.749. The zero-order valence-corrected chi connectivity index (χ0v) is 13.8. The van der Waals surface area contributed by atoms with Crippen LogP contribution < -0.4 is 10.1 Å². The van der Waals surface area contributed by atoms with E-state index in [1.807, 2.05) is 6.92 Å². The smallest absolute Gasteiger partial charge is 0.259 e. The van der Waals surface area contributed by atoms with Gasteiger partial charge in [0.25, 0.3) is 5.91 Å². The number of phenolic OH excluding ortho intramolecular Hbond substituents is 1. The van der Waals surface area contributed by atoms with Crippen molar-refractivity contribution >= 4 is 34.2 Å².